The summed E-state index contributed by atoms with van der Waals surface area (Å²) < 4.78 is 24.3. The number of sulfone groups is 1. The Balaban J connectivity index is 1.25. The molecule has 1 amide bonds. The third-order valence-corrected chi connectivity index (χ3v) is 10.1. The predicted molar refractivity (Wildman–Crippen MR) is 158 cm³/mol. The van der Waals surface area contributed by atoms with E-state index in [-0.39, 0.29) is 29.5 Å². The molecule has 0 aromatic heterocycles. The molecule has 0 radical (unpaired) electrons. The SMILES string of the molecule is O=C1/C(=C\c2ccc(N3N=C(c4ccccc4)C[C@H]3c3ccccc3)cc2)SC(=S)N1[C@H]1CCS(=O)(=O)C1. The Hall–Kier alpha value is -3.27. The fourth-order valence-electron chi connectivity index (χ4n) is 5.14. The lowest BCUT2D eigenvalue weighted by molar-refractivity contribution is -0.123. The minimum atomic E-state index is -3.11. The Morgan fingerprint density at radius 1 is 0.947 bits per heavy atom. The molecule has 2 saturated heterocycles. The number of hydrazone groups is 1. The van der Waals surface area contributed by atoms with Gasteiger partial charge in [-0.15, -0.1) is 0 Å². The van der Waals surface area contributed by atoms with Crippen LogP contribution in [0.25, 0.3) is 6.08 Å². The van der Waals surface area contributed by atoms with Crippen LogP contribution in [0, 0.1) is 0 Å². The summed E-state index contributed by atoms with van der Waals surface area (Å²) >= 11 is 6.67. The summed E-state index contributed by atoms with van der Waals surface area (Å²) in [4.78, 5) is 15.1. The smallest absolute Gasteiger partial charge is 0.266 e. The van der Waals surface area contributed by atoms with Crippen LogP contribution in [0.15, 0.2) is 94.9 Å². The molecule has 0 saturated carbocycles. The van der Waals surface area contributed by atoms with Gasteiger partial charge in [0.15, 0.2) is 9.84 Å². The molecule has 3 heterocycles. The van der Waals surface area contributed by atoms with Crippen molar-refractivity contribution in [2.24, 2.45) is 5.10 Å². The summed E-state index contributed by atoms with van der Waals surface area (Å²) in [6, 6.07) is 28.3. The minimum Gasteiger partial charge on any atom is -0.289 e. The second kappa shape index (κ2) is 10.1. The van der Waals surface area contributed by atoms with Crippen molar-refractivity contribution in [1.29, 1.82) is 0 Å². The van der Waals surface area contributed by atoms with Gasteiger partial charge in [0, 0.05) is 6.42 Å². The van der Waals surface area contributed by atoms with Gasteiger partial charge in [-0.25, -0.2) is 8.42 Å². The summed E-state index contributed by atoms with van der Waals surface area (Å²) in [7, 11) is -3.11. The summed E-state index contributed by atoms with van der Waals surface area (Å²) in [5.74, 6) is -0.137. The van der Waals surface area contributed by atoms with E-state index in [1.54, 1.807) is 0 Å². The molecule has 3 aliphatic rings. The van der Waals surface area contributed by atoms with Crippen molar-refractivity contribution < 1.29 is 13.2 Å². The monoisotopic (exact) mass is 559 g/mol. The quantitative estimate of drug-likeness (QED) is 0.307. The Morgan fingerprint density at radius 3 is 2.29 bits per heavy atom. The molecule has 0 N–H and O–H groups in total. The Bertz CT molecular complexity index is 1550. The van der Waals surface area contributed by atoms with Crippen LogP contribution in [0.4, 0.5) is 5.69 Å². The van der Waals surface area contributed by atoms with Gasteiger partial charge in [-0.3, -0.25) is 14.7 Å². The topological polar surface area (TPSA) is 70.1 Å². The van der Waals surface area contributed by atoms with E-state index in [4.69, 9.17) is 17.3 Å². The van der Waals surface area contributed by atoms with Gasteiger partial charge in [0.2, 0.25) is 0 Å². The molecule has 0 unspecified atom stereocenters. The van der Waals surface area contributed by atoms with Crippen molar-refractivity contribution in [1.82, 2.24) is 4.90 Å². The highest BCUT2D eigenvalue weighted by Gasteiger charge is 2.42. The van der Waals surface area contributed by atoms with E-state index in [0.29, 0.717) is 15.6 Å². The minimum absolute atomic E-state index is 0.0225. The van der Waals surface area contributed by atoms with Crippen molar-refractivity contribution in [2.75, 3.05) is 16.5 Å². The summed E-state index contributed by atoms with van der Waals surface area (Å²) in [6.07, 6.45) is 3.06. The van der Waals surface area contributed by atoms with E-state index in [1.807, 2.05) is 66.7 Å². The average molecular weight is 560 g/mol. The van der Waals surface area contributed by atoms with E-state index in [1.165, 1.54) is 22.2 Å². The van der Waals surface area contributed by atoms with E-state index in [2.05, 4.69) is 29.3 Å². The van der Waals surface area contributed by atoms with Gasteiger partial charge in [-0.1, -0.05) is 96.8 Å². The largest absolute Gasteiger partial charge is 0.289 e. The van der Waals surface area contributed by atoms with Crippen LogP contribution in [-0.4, -0.2) is 46.8 Å². The van der Waals surface area contributed by atoms with Crippen LogP contribution in [-0.2, 0) is 14.6 Å². The van der Waals surface area contributed by atoms with Crippen LogP contribution in [0.1, 0.15) is 35.6 Å². The normalized spacial score (nSPS) is 23.9. The summed E-state index contributed by atoms with van der Waals surface area (Å²) in [5, 5.41) is 7.08. The van der Waals surface area contributed by atoms with Gasteiger partial charge in [-0.05, 0) is 41.3 Å². The number of hydrogen-bond donors (Lipinski definition) is 0. The number of carbonyl (C=O) groups excluding carboxylic acids is 1. The molecule has 6 rings (SSSR count). The fraction of sp³-hybridized carbons (Fsp3) is 0.207. The number of thioether (sulfide) groups is 1. The van der Waals surface area contributed by atoms with Gasteiger partial charge < -0.3 is 0 Å². The first-order valence-electron chi connectivity index (χ1n) is 12.4. The molecule has 3 aromatic carbocycles. The van der Waals surface area contributed by atoms with Crippen molar-refractivity contribution in [3.63, 3.8) is 0 Å². The van der Waals surface area contributed by atoms with Crippen molar-refractivity contribution >= 4 is 61.5 Å². The number of rotatable bonds is 5. The van der Waals surface area contributed by atoms with Gasteiger partial charge in [-0.2, -0.15) is 5.10 Å². The Morgan fingerprint density at radius 2 is 1.63 bits per heavy atom. The highest BCUT2D eigenvalue weighted by Crippen LogP contribution is 2.38. The zero-order chi connectivity index (χ0) is 26.3. The van der Waals surface area contributed by atoms with Crippen LogP contribution >= 0.6 is 24.0 Å². The lowest BCUT2D eigenvalue weighted by Crippen LogP contribution is -2.39. The number of hydrogen-bond acceptors (Lipinski definition) is 7. The first kappa shape index (κ1) is 25.0. The fourth-order valence-corrected chi connectivity index (χ4v) is 8.24. The van der Waals surface area contributed by atoms with Crippen molar-refractivity contribution in [3.05, 3.63) is 107 Å². The average Bonchev–Trinajstić information content (AvgIpc) is 3.60. The highest BCUT2D eigenvalue weighted by atomic mass is 32.2. The Labute approximate surface area is 232 Å². The molecule has 3 aromatic rings. The Kier molecular flexibility index (Phi) is 6.67. The molecular weight excluding hydrogens is 535 g/mol. The van der Waals surface area contributed by atoms with E-state index >= 15 is 0 Å². The molecule has 3 aliphatic heterocycles. The molecule has 9 heteroatoms. The van der Waals surface area contributed by atoms with Crippen LogP contribution in [0.3, 0.4) is 0 Å². The summed E-state index contributed by atoms with van der Waals surface area (Å²) in [5.41, 5.74) is 5.19. The van der Waals surface area contributed by atoms with Crippen LogP contribution < -0.4 is 5.01 Å². The first-order chi connectivity index (χ1) is 18.4. The van der Waals surface area contributed by atoms with Crippen LogP contribution in [0.5, 0.6) is 0 Å². The maximum absolute atomic E-state index is 13.1. The molecule has 0 spiro atoms. The maximum Gasteiger partial charge on any atom is 0.266 e. The highest BCUT2D eigenvalue weighted by molar-refractivity contribution is 8.26. The molecule has 2 fully saturated rings. The van der Waals surface area contributed by atoms with Gasteiger partial charge >= 0.3 is 0 Å². The van der Waals surface area contributed by atoms with Gasteiger partial charge in [0.25, 0.3) is 5.91 Å². The molecule has 2 atom stereocenters. The number of thiocarbonyl (C=S) groups is 1. The predicted octanol–water partition coefficient (Wildman–Crippen LogP) is 5.43. The van der Waals surface area contributed by atoms with Gasteiger partial charge in [0.05, 0.1) is 39.9 Å². The van der Waals surface area contributed by atoms with E-state index in [9.17, 15) is 13.2 Å². The van der Waals surface area contributed by atoms with E-state index < -0.39 is 9.84 Å². The maximum atomic E-state index is 13.1. The zero-order valence-corrected chi connectivity index (χ0v) is 22.9. The molecule has 38 heavy (non-hydrogen) atoms. The number of benzene rings is 3. The third-order valence-electron chi connectivity index (χ3n) is 7.05. The second-order valence-electron chi connectivity index (χ2n) is 9.59. The molecule has 0 bridgehead atoms. The zero-order valence-electron chi connectivity index (χ0n) is 20.4. The van der Waals surface area contributed by atoms with Gasteiger partial charge in [0.1, 0.15) is 4.32 Å². The lowest BCUT2D eigenvalue weighted by atomic mass is 9.98. The van der Waals surface area contributed by atoms with E-state index in [0.717, 1.165) is 28.9 Å². The standard InChI is InChI=1S/C29H25N3O3S3/c33-28-27(37-29(36)31(28)24-15-16-38(34,35)19-24)17-20-11-13-23(14-12-20)32-26(22-9-5-2-6-10-22)18-25(30-32)21-7-3-1-4-8-21/h1-14,17,24,26H,15-16,18-19H2/b27-17+/t24-,26-/m0/s1. The van der Waals surface area contributed by atoms with Crippen molar-refractivity contribution in [2.45, 2.75) is 24.9 Å². The molecule has 6 nitrogen and oxygen atoms in total. The molecular formula is C29H25N3O3S3. The molecule has 192 valence electrons. The first-order valence-corrected chi connectivity index (χ1v) is 15.5. The lowest BCUT2D eigenvalue weighted by Gasteiger charge is -2.24. The number of nitrogens with zero attached hydrogens (tertiary/aromatic N) is 3. The van der Waals surface area contributed by atoms with Crippen molar-refractivity contribution in [3.8, 4) is 0 Å². The number of amides is 1. The second-order valence-corrected chi connectivity index (χ2v) is 13.5. The molecule has 0 aliphatic carbocycles. The van der Waals surface area contributed by atoms with Crippen LogP contribution in [0.2, 0.25) is 0 Å². The number of carbonyl (C=O) groups is 1. The third kappa shape index (κ3) is 4.93. The number of anilines is 1. The summed E-state index contributed by atoms with van der Waals surface area (Å²) in [6.45, 7) is 0.